The van der Waals surface area contributed by atoms with E-state index in [1.54, 1.807) is 24.3 Å². The molecule has 0 aliphatic rings. The zero-order chi connectivity index (χ0) is 34.5. The van der Waals surface area contributed by atoms with Crippen LogP contribution >= 0.6 is 0 Å². The Bertz CT molecular complexity index is 1760. The van der Waals surface area contributed by atoms with E-state index in [4.69, 9.17) is 0 Å². The molecule has 0 N–H and O–H groups in total. The fourth-order valence-electron chi connectivity index (χ4n) is 5.36. The van der Waals surface area contributed by atoms with E-state index in [0.717, 1.165) is 74.5 Å². The number of rotatable bonds is 4. The standard InChI is InChI=1S/2C19H16F3.C3H6.2ClH.Ti/c2*1-12(2)15-10-14-4-3-5-17(18(14)11-15)13-6-8-16(9-7-13)19(20,21)22;1-3-2;;;/h2*3-12H,1-2H3;1-3H2;2*1H;/q2*-1;-2;;;+2/p-2. The molecular weight excluding hydrogens is 725 g/mol. The van der Waals surface area contributed by atoms with Crippen molar-refractivity contribution in [3.8, 4) is 22.3 Å². The predicted molar refractivity (Wildman–Crippen MR) is 183 cm³/mol. The Labute approximate surface area is 318 Å². The summed E-state index contributed by atoms with van der Waals surface area (Å²) in [4.78, 5) is 0. The molecule has 6 rings (SSSR count). The molecule has 266 valence electrons. The van der Waals surface area contributed by atoms with E-state index in [1.807, 2.05) is 36.4 Å². The van der Waals surface area contributed by atoms with Gasteiger partial charge in [0.05, 0.1) is 11.1 Å². The van der Waals surface area contributed by atoms with Crippen LogP contribution in [0.1, 0.15) is 68.2 Å². The Balaban J connectivity index is 0.000000439. The second kappa shape index (κ2) is 19.0. The minimum atomic E-state index is -4.30. The summed E-state index contributed by atoms with van der Waals surface area (Å²) in [5.41, 5.74) is 4.81. The van der Waals surface area contributed by atoms with E-state index in [0.29, 0.717) is 11.8 Å². The molecule has 0 fully saturated rings. The van der Waals surface area contributed by atoms with Crippen molar-refractivity contribution in [3.05, 3.63) is 145 Å². The fraction of sp³-hybridized carbons (Fsp3) is 0.220. The molecular formula is C41H38Cl2F6Ti-4. The predicted octanol–water partition coefficient (Wildman–Crippen LogP) is 7.79. The first-order valence-electron chi connectivity index (χ1n) is 15.5. The summed E-state index contributed by atoms with van der Waals surface area (Å²) in [5, 5.41) is 4.43. The Morgan fingerprint density at radius 2 is 0.840 bits per heavy atom. The molecule has 6 aromatic carbocycles. The van der Waals surface area contributed by atoms with Gasteiger partial charge in [-0.1, -0.05) is 75.2 Å². The van der Waals surface area contributed by atoms with Crippen LogP contribution in [0.2, 0.25) is 0 Å². The number of alkyl halides is 6. The molecule has 0 nitrogen and oxygen atoms in total. The Hall–Kier alpha value is -3.03. The summed E-state index contributed by atoms with van der Waals surface area (Å²) in [6.45, 7) is 15.3. The number of hydrogen-bond donors (Lipinski definition) is 0. The van der Waals surface area contributed by atoms with Crippen molar-refractivity contribution in [3.63, 3.8) is 0 Å². The van der Waals surface area contributed by atoms with E-state index in [1.165, 1.54) is 11.1 Å². The van der Waals surface area contributed by atoms with Gasteiger partial charge in [0.25, 0.3) is 0 Å². The molecule has 0 unspecified atom stereocenters. The molecule has 0 saturated carbocycles. The van der Waals surface area contributed by atoms with Gasteiger partial charge in [0.15, 0.2) is 0 Å². The molecule has 9 heteroatoms. The molecule has 0 spiro atoms. The number of fused-ring (bicyclic) bond motifs is 2. The Morgan fingerprint density at radius 1 is 0.540 bits per heavy atom. The molecule has 0 amide bonds. The van der Waals surface area contributed by atoms with Gasteiger partial charge in [0.2, 0.25) is 0 Å². The van der Waals surface area contributed by atoms with E-state index in [2.05, 4.69) is 65.8 Å². The van der Waals surface area contributed by atoms with Gasteiger partial charge in [-0.05, 0) is 47.2 Å². The van der Waals surface area contributed by atoms with Crippen molar-refractivity contribution in [2.45, 2.75) is 58.3 Å². The molecule has 6 aromatic rings. The number of halogens is 8. The van der Waals surface area contributed by atoms with E-state index >= 15 is 0 Å². The van der Waals surface area contributed by atoms with Crippen molar-refractivity contribution < 1.29 is 72.9 Å². The normalized spacial score (nSPS) is 11.2. The third kappa shape index (κ3) is 11.0. The first kappa shape index (κ1) is 45.0. The molecule has 0 bridgehead atoms. The van der Waals surface area contributed by atoms with E-state index in [-0.39, 0.29) is 46.5 Å². The summed E-state index contributed by atoms with van der Waals surface area (Å²) in [7, 11) is 0. The minimum Gasteiger partial charge on any atom is -1.00 e. The average molecular weight is 764 g/mol. The summed E-state index contributed by atoms with van der Waals surface area (Å²) in [6.07, 6.45) is -7.84. The van der Waals surface area contributed by atoms with Crippen LogP contribution in [0.15, 0.2) is 109 Å². The molecule has 0 aliphatic heterocycles. The van der Waals surface area contributed by atoms with Crippen LogP contribution in [0, 0.1) is 13.8 Å². The topological polar surface area (TPSA) is 0 Å². The summed E-state index contributed by atoms with van der Waals surface area (Å²) >= 11 is 0. The molecule has 0 aliphatic carbocycles. The molecule has 0 radical (unpaired) electrons. The van der Waals surface area contributed by atoms with Gasteiger partial charge < -0.3 is 45.1 Å². The smallest absolute Gasteiger partial charge is 1.00 e. The zero-order valence-corrected chi connectivity index (χ0v) is 31.3. The van der Waals surface area contributed by atoms with Crippen molar-refractivity contribution in [2.24, 2.45) is 0 Å². The third-order valence-electron chi connectivity index (χ3n) is 7.93. The second-order valence-corrected chi connectivity index (χ2v) is 12.0. The molecule has 50 heavy (non-hydrogen) atoms. The summed E-state index contributed by atoms with van der Waals surface area (Å²) in [5.74, 6) is 0.848. The van der Waals surface area contributed by atoms with Crippen LogP contribution in [0.5, 0.6) is 0 Å². The molecule has 0 heterocycles. The van der Waals surface area contributed by atoms with Gasteiger partial charge in [0.1, 0.15) is 0 Å². The van der Waals surface area contributed by atoms with Crippen molar-refractivity contribution in [1.82, 2.24) is 0 Å². The van der Waals surface area contributed by atoms with Crippen LogP contribution in [0.25, 0.3) is 43.8 Å². The molecule has 0 aromatic heterocycles. The Kier molecular flexibility index (Phi) is 17.1. The SMILES string of the molecule is CC(C)c1cc2c(-c3ccc(C(F)(F)F)cc3)cccc2[cH-]1.CC(C)c1cc2c(-c3ccc(C(F)(F)F)cc3)cccc2[cH-]1.[CH2-]C[CH2-].[Cl-].[Cl-].[Ti+2]. The van der Waals surface area contributed by atoms with Crippen molar-refractivity contribution >= 4 is 21.5 Å². The van der Waals surface area contributed by atoms with Gasteiger partial charge in [-0.15, -0.1) is 69.1 Å². The maximum absolute atomic E-state index is 12.7. The van der Waals surface area contributed by atoms with Gasteiger partial charge >= 0.3 is 34.1 Å². The fourth-order valence-corrected chi connectivity index (χ4v) is 5.36. The van der Waals surface area contributed by atoms with Gasteiger partial charge in [-0.25, -0.2) is 0 Å². The molecule has 0 atom stereocenters. The van der Waals surface area contributed by atoms with Crippen LogP contribution in [0.3, 0.4) is 0 Å². The number of hydrogen-bond acceptors (Lipinski definition) is 0. The van der Waals surface area contributed by atoms with Gasteiger partial charge in [-0.2, -0.15) is 38.5 Å². The van der Waals surface area contributed by atoms with Crippen molar-refractivity contribution in [2.75, 3.05) is 0 Å². The maximum atomic E-state index is 12.7. The Morgan fingerprint density at radius 3 is 1.10 bits per heavy atom. The largest absolute Gasteiger partial charge is 2.00 e. The average Bonchev–Trinajstić information content (AvgIpc) is 3.66. The van der Waals surface area contributed by atoms with Gasteiger partial charge in [0, 0.05) is 0 Å². The van der Waals surface area contributed by atoms with Crippen molar-refractivity contribution in [1.29, 1.82) is 0 Å². The van der Waals surface area contributed by atoms with Crippen LogP contribution in [-0.4, -0.2) is 0 Å². The minimum absolute atomic E-state index is 0. The molecule has 0 saturated heterocycles. The first-order chi connectivity index (χ1) is 22.1. The van der Waals surface area contributed by atoms with Crippen LogP contribution in [-0.2, 0) is 34.1 Å². The first-order valence-corrected chi connectivity index (χ1v) is 15.5. The van der Waals surface area contributed by atoms with E-state index in [9.17, 15) is 26.3 Å². The maximum Gasteiger partial charge on any atom is 2.00 e. The monoisotopic (exact) mass is 762 g/mol. The zero-order valence-electron chi connectivity index (χ0n) is 28.2. The second-order valence-electron chi connectivity index (χ2n) is 12.0. The summed E-state index contributed by atoms with van der Waals surface area (Å²) < 4.78 is 76.0. The summed E-state index contributed by atoms with van der Waals surface area (Å²) in [6, 6.07) is 31.1. The quantitative estimate of drug-likeness (QED) is 0.0979. The van der Waals surface area contributed by atoms with Gasteiger partial charge in [-0.3, -0.25) is 0 Å². The third-order valence-corrected chi connectivity index (χ3v) is 7.93. The van der Waals surface area contributed by atoms with E-state index < -0.39 is 23.5 Å². The van der Waals surface area contributed by atoms with Crippen LogP contribution < -0.4 is 24.8 Å². The number of benzene rings is 4. The van der Waals surface area contributed by atoms with Crippen LogP contribution in [0.4, 0.5) is 26.3 Å².